The van der Waals surface area contributed by atoms with Crippen LogP contribution in [0.25, 0.3) is 0 Å². The molecule has 6 nitrogen and oxygen atoms in total. The van der Waals surface area contributed by atoms with Crippen molar-refractivity contribution in [2.24, 2.45) is 0 Å². The fourth-order valence-electron chi connectivity index (χ4n) is 0.813. The highest BCUT2D eigenvalue weighted by atomic mass is 35.5. The monoisotopic (exact) mass is 298 g/mol. The van der Waals surface area contributed by atoms with E-state index < -0.39 is 18.5 Å². The normalized spacial score (nSPS) is 10.1. The molecule has 1 rings (SSSR count). The van der Waals surface area contributed by atoms with E-state index in [-0.39, 0.29) is 20.8 Å². The molecule has 0 saturated carbocycles. The molecule has 0 fully saturated rings. The molecule has 1 aromatic heterocycles. The Labute approximate surface area is 110 Å². The standard InChI is InChI=1S/C8H5Cl3N2O4/c9-3-1-12-7(6(11)5(3)10)8(16)13-17-2-4(14)15/h1H,2H2,(H,13,16)(H,14,15). The number of nitrogens with one attached hydrogen (secondary N) is 1. The first-order chi connectivity index (χ1) is 7.93. The molecule has 1 amide bonds. The molecule has 0 spiro atoms. The van der Waals surface area contributed by atoms with Crippen LogP contribution in [-0.4, -0.2) is 28.6 Å². The van der Waals surface area contributed by atoms with Gasteiger partial charge in [-0.15, -0.1) is 0 Å². The van der Waals surface area contributed by atoms with Gasteiger partial charge in [0.05, 0.1) is 15.1 Å². The SMILES string of the molecule is O=C(O)CONC(=O)c1ncc(Cl)c(Cl)c1Cl. The van der Waals surface area contributed by atoms with Gasteiger partial charge in [0.1, 0.15) is 0 Å². The van der Waals surface area contributed by atoms with Gasteiger partial charge < -0.3 is 5.11 Å². The van der Waals surface area contributed by atoms with Gasteiger partial charge in [-0.25, -0.2) is 15.3 Å². The smallest absolute Gasteiger partial charge is 0.332 e. The minimum Gasteiger partial charge on any atom is -0.479 e. The Hall–Kier alpha value is -1.08. The molecule has 0 aliphatic carbocycles. The summed E-state index contributed by atoms with van der Waals surface area (Å²) in [6.45, 7) is -0.690. The first kappa shape index (κ1) is 14.0. The van der Waals surface area contributed by atoms with E-state index in [4.69, 9.17) is 39.9 Å². The number of rotatable bonds is 4. The quantitative estimate of drug-likeness (QED) is 0.827. The molecule has 9 heteroatoms. The van der Waals surface area contributed by atoms with Gasteiger partial charge in [0.2, 0.25) is 0 Å². The van der Waals surface area contributed by atoms with Crippen LogP contribution >= 0.6 is 34.8 Å². The molecule has 2 N–H and O–H groups in total. The van der Waals surface area contributed by atoms with Crippen LogP contribution in [0, 0.1) is 0 Å². The third-order valence-electron chi connectivity index (χ3n) is 1.49. The minimum atomic E-state index is -1.24. The summed E-state index contributed by atoms with van der Waals surface area (Å²) in [5, 5.41) is 8.21. The zero-order valence-corrected chi connectivity index (χ0v) is 10.3. The van der Waals surface area contributed by atoms with Crippen LogP contribution in [0.15, 0.2) is 6.20 Å². The summed E-state index contributed by atoms with van der Waals surface area (Å²) in [6.07, 6.45) is 1.14. The number of pyridine rings is 1. The second-order valence-corrected chi connectivity index (χ2v) is 3.86. The van der Waals surface area contributed by atoms with E-state index in [0.717, 1.165) is 6.20 Å². The maximum absolute atomic E-state index is 11.4. The Morgan fingerprint density at radius 1 is 1.35 bits per heavy atom. The fourth-order valence-corrected chi connectivity index (χ4v) is 1.38. The minimum absolute atomic E-state index is 0.0216. The Kier molecular flexibility index (Phi) is 4.95. The predicted octanol–water partition coefficient (Wildman–Crippen LogP) is 1.79. The van der Waals surface area contributed by atoms with Crippen LogP contribution in [-0.2, 0) is 9.63 Å². The molecule has 0 atom stereocenters. The molecule has 1 aromatic rings. The lowest BCUT2D eigenvalue weighted by Crippen LogP contribution is -2.27. The number of carboxylic acid groups (broad SMARTS) is 1. The third-order valence-corrected chi connectivity index (χ3v) is 2.73. The molecule has 0 bridgehead atoms. The second kappa shape index (κ2) is 6.02. The average Bonchev–Trinajstić information content (AvgIpc) is 2.25. The van der Waals surface area contributed by atoms with Crippen molar-refractivity contribution in [2.75, 3.05) is 6.61 Å². The summed E-state index contributed by atoms with van der Waals surface area (Å²) in [7, 11) is 0. The number of nitrogens with zero attached hydrogens (tertiary/aromatic N) is 1. The summed E-state index contributed by atoms with van der Waals surface area (Å²) in [5.41, 5.74) is 1.63. The van der Waals surface area contributed by atoms with Crippen molar-refractivity contribution in [2.45, 2.75) is 0 Å². The van der Waals surface area contributed by atoms with E-state index in [1.54, 1.807) is 0 Å². The van der Waals surface area contributed by atoms with Crippen LogP contribution in [0.5, 0.6) is 0 Å². The summed E-state index contributed by atoms with van der Waals surface area (Å²) < 4.78 is 0. The summed E-state index contributed by atoms with van der Waals surface area (Å²) in [4.78, 5) is 29.6. The van der Waals surface area contributed by atoms with Gasteiger partial charge in [0.15, 0.2) is 12.3 Å². The fraction of sp³-hybridized carbons (Fsp3) is 0.125. The van der Waals surface area contributed by atoms with Crippen molar-refractivity contribution in [3.8, 4) is 0 Å². The van der Waals surface area contributed by atoms with E-state index in [9.17, 15) is 9.59 Å². The lowest BCUT2D eigenvalue weighted by atomic mass is 10.3. The molecule has 17 heavy (non-hydrogen) atoms. The molecule has 0 aliphatic rings. The van der Waals surface area contributed by atoms with E-state index in [2.05, 4.69) is 9.82 Å². The number of carbonyl (C=O) groups is 2. The van der Waals surface area contributed by atoms with Gasteiger partial charge in [0.25, 0.3) is 5.91 Å². The van der Waals surface area contributed by atoms with E-state index >= 15 is 0 Å². The number of hydroxylamine groups is 1. The van der Waals surface area contributed by atoms with Crippen LogP contribution in [0.2, 0.25) is 15.1 Å². The van der Waals surface area contributed by atoms with Crippen LogP contribution < -0.4 is 5.48 Å². The van der Waals surface area contributed by atoms with Gasteiger partial charge in [-0.3, -0.25) is 9.63 Å². The van der Waals surface area contributed by atoms with Crippen molar-refractivity contribution >= 4 is 46.7 Å². The Bertz CT molecular complexity index is 466. The highest BCUT2D eigenvalue weighted by Crippen LogP contribution is 2.30. The Morgan fingerprint density at radius 3 is 2.59 bits per heavy atom. The summed E-state index contributed by atoms with van der Waals surface area (Å²) in [6, 6.07) is 0. The van der Waals surface area contributed by atoms with Crippen LogP contribution in [0.1, 0.15) is 10.5 Å². The summed E-state index contributed by atoms with van der Waals surface area (Å²) >= 11 is 17.0. The third kappa shape index (κ3) is 3.71. The molecule has 0 radical (unpaired) electrons. The van der Waals surface area contributed by atoms with Gasteiger partial charge >= 0.3 is 5.97 Å². The molecular weight excluding hydrogens is 294 g/mol. The number of amides is 1. The Morgan fingerprint density at radius 2 is 2.00 bits per heavy atom. The van der Waals surface area contributed by atoms with E-state index in [0.29, 0.717) is 0 Å². The zero-order chi connectivity index (χ0) is 13.0. The highest BCUT2D eigenvalue weighted by Gasteiger charge is 2.17. The lowest BCUT2D eigenvalue weighted by Gasteiger charge is -2.06. The first-order valence-electron chi connectivity index (χ1n) is 4.07. The molecule has 0 aromatic carbocycles. The van der Waals surface area contributed by atoms with Gasteiger partial charge in [-0.05, 0) is 0 Å². The lowest BCUT2D eigenvalue weighted by molar-refractivity contribution is -0.144. The topological polar surface area (TPSA) is 88.5 Å². The Balaban J connectivity index is 2.76. The first-order valence-corrected chi connectivity index (χ1v) is 5.20. The van der Waals surface area contributed by atoms with Crippen LogP contribution in [0.4, 0.5) is 0 Å². The highest BCUT2D eigenvalue weighted by molar-refractivity contribution is 6.48. The zero-order valence-electron chi connectivity index (χ0n) is 8.04. The van der Waals surface area contributed by atoms with Gasteiger partial charge in [-0.1, -0.05) is 34.8 Å². The van der Waals surface area contributed by atoms with E-state index in [1.165, 1.54) is 0 Å². The number of carboxylic acids is 1. The maximum atomic E-state index is 11.4. The maximum Gasteiger partial charge on any atom is 0.332 e. The molecule has 1 heterocycles. The molecule has 0 unspecified atom stereocenters. The number of carbonyl (C=O) groups excluding carboxylic acids is 1. The van der Waals surface area contributed by atoms with Crippen molar-refractivity contribution in [1.82, 2.24) is 10.5 Å². The molecular formula is C8H5Cl3N2O4. The number of aliphatic carboxylic acids is 1. The number of halogens is 3. The number of hydrogen-bond acceptors (Lipinski definition) is 4. The van der Waals surface area contributed by atoms with Gasteiger partial charge in [0, 0.05) is 6.20 Å². The molecule has 92 valence electrons. The molecule has 0 saturated heterocycles. The van der Waals surface area contributed by atoms with Crippen LogP contribution in [0.3, 0.4) is 0 Å². The average molecular weight is 299 g/mol. The van der Waals surface area contributed by atoms with Crippen molar-refractivity contribution < 1.29 is 19.5 Å². The predicted molar refractivity (Wildman–Crippen MR) is 60.3 cm³/mol. The summed E-state index contributed by atoms with van der Waals surface area (Å²) in [5.74, 6) is -2.06. The largest absolute Gasteiger partial charge is 0.479 e. The van der Waals surface area contributed by atoms with Crippen molar-refractivity contribution in [3.05, 3.63) is 27.0 Å². The van der Waals surface area contributed by atoms with Crippen molar-refractivity contribution in [3.63, 3.8) is 0 Å². The molecule has 0 aliphatic heterocycles. The van der Waals surface area contributed by atoms with Crippen molar-refractivity contribution in [1.29, 1.82) is 0 Å². The number of aromatic nitrogens is 1. The second-order valence-electron chi connectivity index (χ2n) is 2.70. The van der Waals surface area contributed by atoms with Gasteiger partial charge in [-0.2, -0.15) is 0 Å². The number of hydrogen-bond donors (Lipinski definition) is 2. The van der Waals surface area contributed by atoms with E-state index in [1.807, 2.05) is 5.48 Å².